The number of carbonyl (C=O) groups excluding carboxylic acids is 1. The molecule has 5 rings (SSSR count). The summed E-state index contributed by atoms with van der Waals surface area (Å²) in [7, 11) is -5.70. The van der Waals surface area contributed by atoms with Crippen molar-refractivity contribution < 1.29 is 27.7 Å². The van der Waals surface area contributed by atoms with Gasteiger partial charge < -0.3 is 20.2 Å². The Labute approximate surface area is 223 Å². The maximum atomic E-state index is 13.1. The Morgan fingerprint density at radius 2 is 1.76 bits per heavy atom. The van der Waals surface area contributed by atoms with Crippen molar-refractivity contribution in [1.82, 2.24) is 0 Å². The Hall–Kier alpha value is -3.02. The third-order valence-electron chi connectivity index (χ3n) is 6.25. The molecule has 0 aliphatic heterocycles. The number of hydrogen-bond acceptors (Lipinski definition) is 6. The second kappa shape index (κ2) is 9.38. The predicted octanol–water partition coefficient (Wildman–Crippen LogP) is 4.16. The van der Waals surface area contributed by atoms with E-state index in [1.165, 1.54) is 18.2 Å². The molecule has 0 saturated heterocycles. The van der Waals surface area contributed by atoms with E-state index in [1.54, 1.807) is 36.4 Å². The van der Waals surface area contributed by atoms with E-state index in [4.69, 9.17) is 33.4 Å². The van der Waals surface area contributed by atoms with E-state index >= 15 is 0 Å². The van der Waals surface area contributed by atoms with E-state index < -0.39 is 23.0 Å². The summed E-state index contributed by atoms with van der Waals surface area (Å²) in [6.45, 7) is 0. The van der Waals surface area contributed by atoms with E-state index in [0.29, 0.717) is 27.2 Å². The van der Waals surface area contributed by atoms with Gasteiger partial charge in [-0.25, -0.2) is 12.7 Å². The number of fused-ring (bicyclic) bond motifs is 1. The van der Waals surface area contributed by atoms with Gasteiger partial charge in [0.05, 0.1) is 23.2 Å². The molecule has 1 heterocycles. The highest BCUT2D eigenvalue weighted by Crippen LogP contribution is 2.49. The van der Waals surface area contributed by atoms with Gasteiger partial charge in [-0.1, -0.05) is 29.3 Å². The van der Waals surface area contributed by atoms with Crippen molar-refractivity contribution in [3.05, 3.63) is 75.8 Å². The van der Waals surface area contributed by atoms with Gasteiger partial charge in [-0.2, -0.15) is 0 Å². The van der Waals surface area contributed by atoms with Gasteiger partial charge in [0.15, 0.2) is 0 Å². The van der Waals surface area contributed by atoms with Crippen molar-refractivity contribution in [2.75, 3.05) is 10.6 Å². The van der Waals surface area contributed by atoms with Crippen LogP contribution in [0.1, 0.15) is 34.7 Å². The fourth-order valence-corrected chi connectivity index (χ4v) is 5.87. The minimum absolute atomic E-state index is 0.00534. The van der Waals surface area contributed by atoms with Crippen LogP contribution >= 0.6 is 23.2 Å². The number of rotatable bonds is 7. The summed E-state index contributed by atoms with van der Waals surface area (Å²) in [5.41, 5.74) is 8.13. The summed E-state index contributed by atoms with van der Waals surface area (Å²) in [5, 5.41) is 20.0. The third kappa shape index (κ3) is 4.83. The minimum atomic E-state index is -3.89. The zero-order chi connectivity index (χ0) is 26.6. The molecule has 1 aromatic heterocycles. The quantitative estimate of drug-likeness (QED) is 0.291. The molecule has 4 aromatic rings. The van der Waals surface area contributed by atoms with E-state index in [1.807, 2.05) is 0 Å². The summed E-state index contributed by atoms with van der Waals surface area (Å²) in [4.78, 5) is 12.5. The second-order valence-electron chi connectivity index (χ2n) is 8.97. The lowest BCUT2D eigenvalue weighted by Crippen LogP contribution is -2.32. The average molecular weight is 559 g/mol. The number of amides is 1. The Morgan fingerprint density at radius 3 is 2.30 bits per heavy atom. The number of sulfonamides is 1. The van der Waals surface area contributed by atoms with E-state index in [9.17, 15) is 23.3 Å². The number of halogens is 2. The molecule has 1 fully saturated rings. The van der Waals surface area contributed by atoms with Crippen LogP contribution in [0, 0.1) is 0 Å². The first kappa shape index (κ1) is 25.6. The highest BCUT2D eigenvalue weighted by atomic mass is 35.5. The van der Waals surface area contributed by atoms with Gasteiger partial charge in [-0.15, -0.1) is 0 Å². The van der Waals surface area contributed by atoms with Crippen molar-refractivity contribution >= 4 is 74.1 Å². The van der Waals surface area contributed by atoms with Crippen LogP contribution in [-0.4, -0.2) is 37.7 Å². The van der Waals surface area contributed by atoms with Crippen LogP contribution in [-0.2, 0) is 10.0 Å². The number of nitrogens with zero attached hydrogens (tertiary/aromatic N) is 1. The van der Waals surface area contributed by atoms with Gasteiger partial charge in [0, 0.05) is 32.5 Å². The molecule has 3 aromatic carbocycles. The van der Waals surface area contributed by atoms with Crippen molar-refractivity contribution in [2.45, 2.75) is 18.8 Å². The maximum absolute atomic E-state index is 13.1. The zero-order valence-corrected chi connectivity index (χ0v) is 21.8. The molecule has 1 saturated carbocycles. The Balaban J connectivity index is 1.77. The lowest BCUT2D eigenvalue weighted by Gasteiger charge is -2.26. The molecule has 12 heteroatoms. The molecule has 0 atom stereocenters. The average Bonchev–Trinajstić information content (AvgIpc) is 3.58. The van der Waals surface area contributed by atoms with Gasteiger partial charge in [0.25, 0.3) is 5.91 Å². The molecule has 1 aliphatic carbocycles. The zero-order valence-electron chi connectivity index (χ0n) is 19.5. The second-order valence-corrected chi connectivity index (χ2v) is 11.6. The monoisotopic (exact) mass is 558 g/mol. The summed E-state index contributed by atoms with van der Waals surface area (Å²) in [6, 6.07) is 14.2. The van der Waals surface area contributed by atoms with Crippen LogP contribution < -0.4 is 15.5 Å². The van der Waals surface area contributed by atoms with E-state index in [0.717, 1.165) is 23.4 Å². The maximum Gasteiger partial charge on any atom is 0.489 e. The number of nitrogens with two attached hydrogens (primary N) is 1. The molecule has 0 radical (unpaired) electrons. The molecule has 37 heavy (non-hydrogen) atoms. The minimum Gasteiger partial charge on any atom is -0.455 e. The largest absolute Gasteiger partial charge is 0.489 e. The van der Waals surface area contributed by atoms with Crippen molar-refractivity contribution in [3.8, 4) is 11.3 Å². The fraction of sp³-hybridized carbons (Fsp3) is 0.160. The molecule has 0 unspecified atom stereocenters. The first-order valence-electron chi connectivity index (χ1n) is 11.3. The number of anilines is 2. The number of benzene rings is 3. The highest BCUT2D eigenvalue weighted by molar-refractivity contribution is 7.92. The lowest BCUT2D eigenvalue weighted by atomic mass is 9.80. The topological polar surface area (TPSA) is 134 Å². The molecule has 1 aliphatic rings. The van der Waals surface area contributed by atoms with Crippen LogP contribution in [0.3, 0.4) is 0 Å². The summed E-state index contributed by atoms with van der Waals surface area (Å²) in [6.07, 6.45) is 2.76. The third-order valence-corrected chi connectivity index (χ3v) is 7.90. The highest BCUT2D eigenvalue weighted by Gasteiger charge is 2.34. The molecule has 0 spiro atoms. The summed E-state index contributed by atoms with van der Waals surface area (Å²) in [5.74, 6) is -0.344. The standard InChI is InChI=1S/C25H21BCl2N2O6S/c1-37(34,35)30(16-8-9-19(26(32)33)20(28)10-16)21-12-22-18(11-17(21)13-2-3-13)23(25(29)31)24(36-22)14-4-6-15(27)7-5-14/h4-13,32-33H,2-3H2,1H3,(H2,29,31). The first-order chi connectivity index (χ1) is 17.5. The van der Waals surface area contributed by atoms with E-state index in [2.05, 4.69) is 0 Å². The summed E-state index contributed by atoms with van der Waals surface area (Å²) < 4.78 is 33.4. The van der Waals surface area contributed by atoms with Gasteiger partial charge >= 0.3 is 7.12 Å². The predicted molar refractivity (Wildman–Crippen MR) is 145 cm³/mol. The normalized spacial score (nSPS) is 13.6. The molecule has 190 valence electrons. The number of hydrogen-bond donors (Lipinski definition) is 3. The van der Waals surface area contributed by atoms with Gasteiger partial charge in [-0.05, 0) is 66.8 Å². The van der Waals surface area contributed by atoms with Crippen molar-refractivity contribution in [3.63, 3.8) is 0 Å². The number of furan rings is 1. The van der Waals surface area contributed by atoms with Crippen LogP contribution in [0.2, 0.25) is 10.0 Å². The Morgan fingerprint density at radius 1 is 1.08 bits per heavy atom. The fourth-order valence-electron chi connectivity index (χ4n) is 4.46. The molecule has 1 amide bonds. The Kier molecular flexibility index (Phi) is 6.50. The van der Waals surface area contributed by atoms with Gasteiger partial charge in [0.2, 0.25) is 10.0 Å². The van der Waals surface area contributed by atoms with Crippen LogP contribution in [0.4, 0.5) is 11.4 Å². The van der Waals surface area contributed by atoms with Gasteiger partial charge in [0.1, 0.15) is 11.3 Å². The molecule has 8 nitrogen and oxygen atoms in total. The summed E-state index contributed by atoms with van der Waals surface area (Å²) >= 11 is 12.2. The Bertz CT molecular complexity index is 1650. The smallest absolute Gasteiger partial charge is 0.455 e. The number of primary amides is 1. The van der Waals surface area contributed by atoms with Crippen molar-refractivity contribution in [1.29, 1.82) is 0 Å². The van der Waals surface area contributed by atoms with Crippen LogP contribution in [0.25, 0.3) is 22.3 Å². The van der Waals surface area contributed by atoms with Crippen LogP contribution in [0.5, 0.6) is 0 Å². The SMILES string of the molecule is CS(=O)(=O)N(c1ccc(B(O)O)c(Cl)c1)c1cc2oc(-c3ccc(Cl)cc3)c(C(N)=O)c2cc1C1CC1. The number of carbonyl (C=O) groups is 1. The lowest BCUT2D eigenvalue weighted by molar-refractivity contribution is 0.100. The molecular formula is C25H21BCl2N2O6S. The van der Waals surface area contributed by atoms with E-state index in [-0.39, 0.29) is 39.0 Å². The van der Waals surface area contributed by atoms with Crippen molar-refractivity contribution in [2.24, 2.45) is 5.73 Å². The molecular weight excluding hydrogens is 538 g/mol. The van der Waals surface area contributed by atoms with Gasteiger partial charge in [-0.3, -0.25) is 4.79 Å². The molecule has 0 bridgehead atoms. The molecule has 4 N–H and O–H groups in total. The first-order valence-corrected chi connectivity index (χ1v) is 13.9. The van der Waals surface area contributed by atoms with Crippen LogP contribution in [0.15, 0.2) is 59.0 Å².